The van der Waals surface area contributed by atoms with E-state index in [-0.39, 0.29) is 18.5 Å². The van der Waals surface area contributed by atoms with Crippen LogP contribution in [0.5, 0.6) is 0 Å². The van der Waals surface area contributed by atoms with Crippen LogP contribution in [0.4, 0.5) is 21.2 Å². The lowest BCUT2D eigenvalue weighted by atomic mass is 10.1. The zero-order valence-electron chi connectivity index (χ0n) is 20.8. The number of hydrogen-bond donors (Lipinski definition) is 1. The fourth-order valence-electron chi connectivity index (χ4n) is 4.56. The van der Waals surface area contributed by atoms with Crippen LogP contribution < -0.4 is 9.80 Å². The molecule has 0 spiro atoms. The standard InChI is InChI=1S/C25H27FN8OS2/c1-4-19-24(31(2)25-29-23(20(13-27)37-25)16-5-7-17(26)8-6-16)34-21(28-19)9-10-22(30-34)32-11-12-33(36-3)18(14-32)15-35/h5-10,18,35H,4,11-12,14-15H2,1-3H3/t18-/m0/s1. The van der Waals surface area contributed by atoms with Crippen molar-refractivity contribution in [2.24, 2.45) is 0 Å². The smallest absolute Gasteiger partial charge is 0.192 e. The number of nitriles is 1. The molecule has 1 N–H and O–H groups in total. The molecule has 1 aliphatic heterocycles. The lowest BCUT2D eigenvalue weighted by molar-refractivity contribution is 0.185. The zero-order valence-corrected chi connectivity index (χ0v) is 22.4. The summed E-state index contributed by atoms with van der Waals surface area (Å²) in [5, 5.41) is 25.2. The van der Waals surface area contributed by atoms with Crippen LogP contribution in [-0.4, -0.2) is 74.6 Å². The molecule has 0 bridgehead atoms. The molecule has 0 saturated carbocycles. The van der Waals surface area contributed by atoms with Gasteiger partial charge in [-0.1, -0.05) is 30.2 Å². The molecule has 5 rings (SSSR count). The van der Waals surface area contributed by atoms with E-state index >= 15 is 0 Å². The number of aliphatic hydroxyl groups excluding tert-OH is 1. The molecule has 9 nitrogen and oxygen atoms in total. The molecule has 1 saturated heterocycles. The number of fused-ring (bicyclic) bond motifs is 1. The first-order chi connectivity index (χ1) is 18.0. The number of nitrogens with zero attached hydrogens (tertiary/aromatic N) is 8. The minimum Gasteiger partial charge on any atom is -0.395 e. The molecule has 3 aromatic heterocycles. The van der Waals surface area contributed by atoms with Crippen LogP contribution in [0.3, 0.4) is 0 Å². The Hall–Kier alpha value is -3.24. The summed E-state index contributed by atoms with van der Waals surface area (Å²) in [6, 6.07) is 12.2. The third-order valence-electron chi connectivity index (χ3n) is 6.48. The maximum Gasteiger partial charge on any atom is 0.192 e. The Morgan fingerprint density at radius 3 is 2.68 bits per heavy atom. The lowest BCUT2D eigenvalue weighted by Crippen LogP contribution is -2.52. The Labute approximate surface area is 222 Å². The molecule has 0 aliphatic carbocycles. The molecule has 1 aliphatic rings. The van der Waals surface area contributed by atoms with Gasteiger partial charge >= 0.3 is 0 Å². The van der Waals surface area contributed by atoms with Gasteiger partial charge in [-0.15, -0.1) is 5.10 Å². The van der Waals surface area contributed by atoms with E-state index in [1.54, 1.807) is 24.1 Å². The zero-order chi connectivity index (χ0) is 26.1. The minimum atomic E-state index is -0.338. The molecule has 4 heterocycles. The van der Waals surface area contributed by atoms with Crippen LogP contribution in [0.1, 0.15) is 17.5 Å². The number of aromatic nitrogens is 4. The monoisotopic (exact) mass is 538 g/mol. The van der Waals surface area contributed by atoms with E-state index in [4.69, 9.17) is 15.1 Å². The van der Waals surface area contributed by atoms with E-state index in [9.17, 15) is 14.8 Å². The van der Waals surface area contributed by atoms with Crippen molar-refractivity contribution in [2.45, 2.75) is 19.4 Å². The molecule has 37 heavy (non-hydrogen) atoms. The number of halogens is 1. The highest BCUT2D eigenvalue weighted by atomic mass is 32.2. The average molecular weight is 539 g/mol. The van der Waals surface area contributed by atoms with Crippen molar-refractivity contribution in [3.05, 3.63) is 52.8 Å². The van der Waals surface area contributed by atoms with Gasteiger partial charge in [0.1, 0.15) is 28.3 Å². The molecule has 0 unspecified atom stereocenters. The van der Waals surface area contributed by atoms with Gasteiger partial charge in [0.25, 0.3) is 0 Å². The van der Waals surface area contributed by atoms with Crippen molar-refractivity contribution >= 4 is 45.7 Å². The maximum absolute atomic E-state index is 13.5. The van der Waals surface area contributed by atoms with Crippen molar-refractivity contribution in [1.29, 1.82) is 5.26 Å². The van der Waals surface area contributed by atoms with E-state index in [1.807, 2.05) is 41.8 Å². The summed E-state index contributed by atoms with van der Waals surface area (Å²) in [6.07, 6.45) is 2.72. The van der Waals surface area contributed by atoms with E-state index in [1.165, 1.54) is 23.5 Å². The van der Waals surface area contributed by atoms with Crippen molar-refractivity contribution in [3.8, 4) is 17.3 Å². The second-order valence-corrected chi connectivity index (χ2v) is 10.5. The summed E-state index contributed by atoms with van der Waals surface area (Å²) in [7, 11) is 1.89. The summed E-state index contributed by atoms with van der Waals surface area (Å²) in [6.45, 7) is 4.43. The Bertz CT molecular complexity index is 1450. The Balaban J connectivity index is 1.53. The fraction of sp³-hybridized carbons (Fsp3) is 0.360. The van der Waals surface area contributed by atoms with Crippen LogP contribution in [0, 0.1) is 17.1 Å². The van der Waals surface area contributed by atoms with E-state index in [0.29, 0.717) is 34.2 Å². The highest BCUT2D eigenvalue weighted by molar-refractivity contribution is 7.96. The largest absolute Gasteiger partial charge is 0.395 e. The number of piperazine rings is 1. The predicted molar refractivity (Wildman–Crippen MR) is 146 cm³/mol. The topological polar surface area (TPSA) is 96.8 Å². The maximum atomic E-state index is 13.5. The van der Waals surface area contributed by atoms with Gasteiger partial charge in [0.2, 0.25) is 0 Å². The summed E-state index contributed by atoms with van der Waals surface area (Å²) in [4.78, 5) is 14.1. The Kier molecular flexibility index (Phi) is 7.30. The second kappa shape index (κ2) is 10.6. The highest BCUT2D eigenvalue weighted by Gasteiger charge is 2.28. The number of benzene rings is 1. The van der Waals surface area contributed by atoms with Crippen LogP contribution in [0.2, 0.25) is 0 Å². The molecular weight excluding hydrogens is 511 g/mol. The molecule has 1 fully saturated rings. The normalized spacial score (nSPS) is 16.3. The number of imidazole rings is 1. The van der Waals surface area contributed by atoms with Crippen molar-refractivity contribution in [1.82, 2.24) is 23.9 Å². The average Bonchev–Trinajstić information content (AvgIpc) is 3.54. The Morgan fingerprint density at radius 2 is 2.00 bits per heavy atom. The number of rotatable bonds is 7. The van der Waals surface area contributed by atoms with Gasteiger partial charge in [0, 0.05) is 32.2 Å². The first-order valence-electron chi connectivity index (χ1n) is 11.9. The van der Waals surface area contributed by atoms with Gasteiger partial charge in [-0.25, -0.2) is 18.7 Å². The first kappa shape index (κ1) is 25.4. The lowest BCUT2D eigenvalue weighted by Gasteiger charge is -2.39. The van der Waals surface area contributed by atoms with E-state index in [2.05, 4.69) is 15.3 Å². The third kappa shape index (κ3) is 4.75. The van der Waals surface area contributed by atoms with Crippen LogP contribution in [-0.2, 0) is 6.42 Å². The molecule has 12 heteroatoms. The number of aliphatic hydroxyl groups is 1. The first-order valence-corrected chi connectivity index (χ1v) is 13.9. The minimum absolute atomic E-state index is 0.0296. The van der Waals surface area contributed by atoms with E-state index in [0.717, 1.165) is 36.1 Å². The van der Waals surface area contributed by atoms with Gasteiger partial charge in [-0.2, -0.15) is 9.78 Å². The molecular formula is C25H27FN8OS2. The molecule has 1 aromatic carbocycles. The number of thiazole rings is 1. The van der Waals surface area contributed by atoms with Crippen LogP contribution in [0.15, 0.2) is 36.4 Å². The molecule has 0 amide bonds. The van der Waals surface area contributed by atoms with E-state index < -0.39 is 0 Å². The fourth-order valence-corrected chi connectivity index (χ4v) is 6.10. The van der Waals surface area contributed by atoms with Crippen LogP contribution >= 0.6 is 23.3 Å². The Morgan fingerprint density at radius 1 is 1.22 bits per heavy atom. The summed E-state index contributed by atoms with van der Waals surface area (Å²) >= 11 is 2.93. The number of hydrogen-bond acceptors (Lipinski definition) is 10. The molecule has 1 atom stereocenters. The summed E-state index contributed by atoms with van der Waals surface area (Å²) < 4.78 is 17.5. The van der Waals surface area contributed by atoms with Gasteiger partial charge < -0.3 is 14.9 Å². The summed E-state index contributed by atoms with van der Waals surface area (Å²) in [5.74, 6) is 1.25. The second-order valence-electron chi connectivity index (χ2n) is 8.65. The highest BCUT2D eigenvalue weighted by Crippen LogP contribution is 2.37. The van der Waals surface area contributed by atoms with Crippen molar-refractivity contribution < 1.29 is 9.50 Å². The van der Waals surface area contributed by atoms with Crippen molar-refractivity contribution in [3.63, 3.8) is 0 Å². The van der Waals surface area contributed by atoms with Gasteiger partial charge in [0.15, 0.2) is 16.6 Å². The van der Waals surface area contributed by atoms with Gasteiger partial charge in [0.05, 0.1) is 18.3 Å². The SMILES string of the molecule is CCc1nc2ccc(N3CCN(SC)[C@H](CO)C3)nn2c1N(C)c1nc(-c2ccc(F)cc2)c(C#N)s1. The predicted octanol–water partition coefficient (Wildman–Crippen LogP) is 3.95. The molecule has 192 valence electrons. The van der Waals surface area contributed by atoms with Crippen LogP contribution in [0.25, 0.3) is 16.9 Å². The third-order valence-corrected chi connectivity index (χ3v) is 8.47. The number of anilines is 3. The van der Waals surface area contributed by atoms with Crippen molar-refractivity contribution in [2.75, 3.05) is 49.3 Å². The van der Waals surface area contributed by atoms with Gasteiger partial charge in [-0.05, 0) is 49.1 Å². The quantitative estimate of drug-likeness (QED) is 0.351. The molecule has 0 radical (unpaired) electrons. The van der Waals surface area contributed by atoms with Gasteiger partial charge in [-0.3, -0.25) is 0 Å². The summed E-state index contributed by atoms with van der Waals surface area (Å²) in [5.41, 5.74) is 2.80. The molecule has 4 aromatic rings. The number of aryl methyl sites for hydroxylation is 1.